The van der Waals surface area contributed by atoms with Gasteiger partial charge < -0.3 is 14.8 Å². The van der Waals surface area contributed by atoms with Crippen LogP contribution in [0.1, 0.15) is 17.5 Å². The van der Waals surface area contributed by atoms with Gasteiger partial charge in [-0.05, 0) is 31.0 Å². The van der Waals surface area contributed by atoms with Crippen molar-refractivity contribution in [2.45, 2.75) is 32.4 Å². The molecule has 1 aliphatic rings. The number of hydrogen-bond acceptors (Lipinski definition) is 4. The highest BCUT2D eigenvalue weighted by molar-refractivity contribution is 6.37. The molecule has 6 heteroatoms. The van der Waals surface area contributed by atoms with E-state index in [1.54, 1.807) is 0 Å². The Hall–Kier alpha value is -0.970. The molecule has 20 heavy (non-hydrogen) atoms. The monoisotopic (exact) mass is 317 g/mol. The molecule has 1 fully saturated rings. The highest BCUT2D eigenvalue weighted by Crippen LogP contribution is 2.36. The number of ether oxygens (including phenoxy) is 2. The molecule has 0 unspecified atom stereocenters. The van der Waals surface area contributed by atoms with Crippen LogP contribution in [0.25, 0.3) is 0 Å². The Morgan fingerprint density at radius 2 is 2.05 bits per heavy atom. The molecule has 0 saturated carbocycles. The Morgan fingerprint density at radius 1 is 1.35 bits per heavy atom. The third-order valence-corrected chi connectivity index (χ3v) is 4.49. The minimum atomic E-state index is -0.321. The molecule has 2 atom stereocenters. The molecule has 110 valence electrons. The van der Waals surface area contributed by atoms with Crippen molar-refractivity contribution in [2.75, 3.05) is 13.7 Å². The maximum Gasteiger partial charge on any atom is 0.323 e. The predicted molar refractivity (Wildman–Crippen MR) is 78.8 cm³/mol. The molecule has 1 aromatic rings. The largest absolute Gasteiger partial charge is 0.487 e. The second-order valence-electron chi connectivity index (χ2n) is 4.90. The molecule has 0 aliphatic carbocycles. The fourth-order valence-corrected chi connectivity index (χ4v) is 2.67. The van der Waals surface area contributed by atoms with Crippen LogP contribution in [0.3, 0.4) is 0 Å². The summed E-state index contributed by atoms with van der Waals surface area (Å²) in [6.07, 6.45) is 0.445. The van der Waals surface area contributed by atoms with Gasteiger partial charge in [-0.15, -0.1) is 0 Å². The van der Waals surface area contributed by atoms with E-state index in [2.05, 4.69) is 5.32 Å². The summed E-state index contributed by atoms with van der Waals surface area (Å²) in [5.74, 6) is 0.328. The Labute approximate surface area is 128 Å². The minimum Gasteiger partial charge on any atom is -0.487 e. The Bertz CT molecular complexity index is 534. The molecule has 0 bridgehead atoms. The lowest BCUT2D eigenvalue weighted by Gasteiger charge is -2.17. The smallest absolute Gasteiger partial charge is 0.323 e. The quantitative estimate of drug-likeness (QED) is 0.871. The molecule has 4 nitrogen and oxygen atoms in total. The summed E-state index contributed by atoms with van der Waals surface area (Å²) in [5.41, 5.74) is 1.72. The second-order valence-corrected chi connectivity index (χ2v) is 5.66. The molecule has 1 saturated heterocycles. The number of halogens is 2. The lowest BCUT2D eigenvalue weighted by Crippen LogP contribution is -2.31. The third-order valence-electron chi connectivity index (χ3n) is 3.44. The summed E-state index contributed by atoms with van der Waals surface area (Å²) < 4.78 is 10.6. The Balaban J connectivity index is 2.11. The van der Waals surface area contributed by atoms with E-state index in [1.165, 1.54) is 7.11 Å². The molecule has 2 rings (SSSR count). The van der Waals surface area contributed by atoms with Crippen LogP contribution in [-0.4, -0.2) is 31.8 Å². The number of carbonyl (C=O) groups excluding carboxylic acids is 1. The van der Waals surface area contributed by atoms with E-state index < -0.39 is 0 Å². The van der Waals surface area contributed by atoms with Crippen LogP contribution in [-0.2, 0) is 9.53 Å². The maximum atomic E-state index is 11.4. The summed E-state index contributed by atoms with van der Waals surface area (Å²) >= 11 is 12.4. The summed E-state index contributed by atoms with van der Waals surface area (Å²) in [6.45, 7) is 4.34. The molecule has 1 heterocycles. The first-order valence-electron chi connectivity index (χ1n) is 6.37. The molecule has 0 amide bonds. The average Bonchev–Trinajstić information content (AvgIpc) is 2.90. The van der Waals surface area contributed by atoms with Crippen molar-refractivity contribution in [2.24, 2.45) is 0 Å². The van der Waals surface area contributed by atoms with Crippen LogP contribution in [0.2, 0.25) is 10.0 Å². The summed E-state index contributed by atoms with van der Waals surface area (Å²) in [5, 5.41) is 4.24. The normalized spacial score (nSPS) is 21.9. The van der Waals surface area contributed by atoms with Crippen LogP contribution in [0, 0.1) is 13.8 Å². The number of rotatable bonds is 3. The van der Waals surface area contributed by atoms with Gasteiger partial charge in [0.05, 0.1) is 12.1 Å². The fourth-order valence-electron chi connectivity index (χ4n) is 2.28. The summed E-state index contributed by atoms with van der Waals surface area (Å²) in [4.78, 5) is 11.4. The van der Waals surface area contributed by atoms with Gasteiger partial charge in [-0.25, -0.2) is 0 Å². The van der Waals surface area contributed by atoms with Gasteiger partial charge >= 0.3 is 5.97 Å². The highest BCUT2D eigenvalue weighted by atomic mass is 35.5. The minimum absolute atomic E-state index is 0.114. The van der Waals surface area contributed by atoms with E-state index in [4.69, 9.17) is 32.7 Å². The number of esters is 1. The molecular weight excluding hydrogens is 301 g/mol. The van der Waals surface area contributed by atoms with Crippen molar-refractivity contribution >= 4 is 29.2 Å². The number of carbonyl (C=O) groups is 1. The average molecular weight is 318 g/mol. The molecule has 0 radical (unpaired) electrons. The molecular formula is C14H17Cl2NO3. The van der Waals surface area contributed by atoms with Gasteiger partial charge in [-0.1, -0.05) is 23.2 Å². The summed E-state index contributed by atoms with van der Waals surface area (Å²) in [7, 11) is 1.38. The fraction of sp³-hybridized carbons (Fsp3) is 0.500. The van der Waals surface area contributed by atoms with Gasteiger partial charge in [0.25, 0.3) is 0 Å². The lowest BCUT2D eigenvalue weighted by molar-refractivity contribution is -0.142. The van der Waals surface area contributed by atoms with Crippen LogP contribution in [0.15, 0.2) is 6.07 Å². The van der Waals surface area contributed by atoms with E-state index in [9.17, 15) is 4.79 Å². The first-order valence-corrected chi connectivity index (χ1v) is 7.12. The SMILES string of the molecule is COC(=O)[C@@H]1C[C@H](Oc2cc(C)c(Cl)c(C)c2Cl)CN1. The van der Waals surface area contributed by atoms with Gasteiger partial charge in [0.1, 0.15) is 17.9 Å². The highest BCUT2D eigenvalue weighted by Gasteiger charge is 2.31. The zero-order chi connectivity index (χ0) is 14.9. The van der Waals surface area contributed by atoms with Crippen LogP contribution in [0.5, 0.6) is 5.75 Å². The van der Waals surface area contributed by atoms with Crippen LogP contribution < -0.4 is 10.1 Å². The third kappa shape index (κ3) is 3.03. The van der Waals surface area contributed by atoms with Gasteiger partial charge in [0, 0.05) is 18.0 Å². The number of methoxy groups -OCH3 is 1. The number of hydrogen-bond donors (Lipinski definition) is 1. The Kier molecular flexibility index (Phi) is 4.78. The lowest BCUT2D eigenvalue weighted by atomic mass is 10.1. The van der Waals surface area contributed by atoms with Crippen molar-refractivity contribution in [1.29, 1.82) is 0 Å². The Morgan fingerprint density at radius 3 is 2.70 bits per heavy atom. The first-order chi connectivity index (χ1) is 9.43. The van der Waals surface area contributed by atoms with Crippen LogP contribution >= 0.6 is 23.2 Å². The molecule has 0 spiro atoms. The number of aryl methyl sites for hydroxylation is 1. The van der Waals surface area contributed by atoms with Crippen LogP contribution in [0.4, 0.5) is 0 Å². The van der Waals surface area contributed by atoms with Crippen molar-refractivity contribution in [3.63, 3.8) is 0 Å². The van der Waals surface area contributed by atoms with Gasteiger partial charge in [-0.2, -0.15) is 0 Å². The first kappa shape index (κ1) is 15.4. The number of nitrogens with one attached hydrogen (secondary N) is 1. The second kappa shape index (κ2) is 6.20. The standard InChI is InChI=1S/C14H17Cl2NO3/c1-7-4-11(13(16)8(2)12(7)15)20-9-5-10(17-6-9)14(18)19-3/h4,9-10,17H,5-6H2,1-3H3/t9-,10-/m0/s1. The predicted octanol–water partition coefficient (Wildman–Crippen LogP) is 2.89. The maximum absolute atomic E-state index is 11.4. The topological polar surface area (TPSA) is 47.6 Å². The molecule has 1 aromatic carbocycles. The van der Waals surface area contributed by atoms with E-state index in [-0.39, 0.29) is 18.1 Å². The van der Waals surface area contributed by atoms with Gasteiger partial charge in [0.15, 0.2) is 0 Å². The van der Waals surface area contributed by atoms with E-state index in [0.717, 1.165) is 11.1 Å². The van der Waals surface area contributed by atoms with Crippen molar-refractivity contribution in [1.82, 2.24) is 5.32 Å². The zero-order valence-electron chi connectivity index (χ0n) is 11.6. The van der Waals surface area contributed by atoms with E-state index in [0.29, 0.717) is 28.8 Å². The molecule has 1 aliphatic heterocycles. The molecule has 1 N–H and O–H groups in total. The van der Waals surface area contributed by atoms with Crippen molar-refractivity contribution in [3.8, 4) is 5.75 Å². The summed E-state index contributed by atoms with van der Waals surface area (Å²) in [6, 6.07) is 1.50. The van der Waals surface area contributed by atoms with Gasteiger partial charge in [-0.3, -0.25) is 4.79 Å². The molecule has 0 aromatic heterocycles. The van der Waals surface area contributed by atoms with Crippen molar-refractivity contribution in [3.05, 3.63) is 27.2 Å². The van der Waals surface area contributed by atoms with Crippen molar-refractivity contribution < 1.29 is 14.3 Å². The number of benzene rings is 1. The zero-order valence-corrected chi connectivity index (χ0v) is 13.1. The van der Waals surface area contributed by atoms with E-state index in [1.807, 2.05) is 19.9 Å². The van der Waals surface area contributed by atoms with E-state index >= 15 is 0 Å². The van der Waals surface area contributed by atoms with Gasteiger partial charge in [0.2, 0.25) is 0 Å².